The minimum atomic E-state index is 0.508. The van der Waals surface area contributed by atoms with Gasteiger partial charge in [0.1, 0.15) is 12.1 Å². The van der Waals surface area contributed by atoms with E-state index in [2.05, 4.69) is 249 Å². The van der Waals surface area contributed by atoms with Gasteiger partial charge in [-0.3, -0.25) is 0 Å². The van der Waals surface area contributed by atoms with E-state index < -0.39 is 0 Å². The molecule has 0 aliphatic carbocycles. The molecule has 0 N–H and O–H groups in total. The zero-order valence-corrected chi connectivity index (χ0v) is 39.8. The lowest BCUT2D eigenvalue weighted by atomic mass is 9.96. The molecule has 0 amide bonds. The number of aromatic nitrogens is 4. The molecule has 0 unspecified atom stereocenters. The Bertz CT molecular complexity index is 4770. The molecule has 0 saturated heterocycles. The molecule has 0 spiro atoms. The third kappa shape index (κ3) is 5.91. The molecule has 0 fully saturated rings. The molecule has 74 heavy (non-hydrogen) atoms. The number of rotatable bonds is 6. The van der Waals surface area contributed by atoms with Crippen LogP contribution in [0, 0.1) is 22.7 Å². The van der Waals surface area contributed by atoms with Gasteiger partial charge in [-0.15, -0.1) is 0 Å². The Hall–Kier alpha value is -10.4. The summed E-state index contributed by atoms with van der Waals surface area (Å²) in [5.41, 5.74) is 16.8. The highest BCUT2D eigenvalue weighted by Crippen LogP contribution is 2.47. The summed E-state index contributed by atoms with van der Waals surface area (Å²) >= 11 is 0. The van der Waals surface area contributed by atoms with Crippen LogP contribution in [0.15, 0.2) is 243 Å². The van der Waals surface area contributed by atoms with Gasteiger partial charge in [-0.2, -0.15) is 10.5 Å². The van der Waals surface area contributed by atoms with E-state index in [-0.39, 0.29) is 0 Å². The lowest BCUT2D eigenvalue weighted by Crippen LogP contribution is -2.01. The van der Waals surface area contributed by atoms with Crippen molar-refractivity contribution in [3.05, 3.63) is 254 Å². The summed E-state index contributed by atoms with van der Waals surface area (Å²) in [4.78, 5) is 0. The smallest absolute Gasteiger partial charge is 0.102 e. The molecule has 4 heterocycles. The highest BCUT2D eigenvalue weighted by atomic mass is 15.0. The van der Waals surface area contributed by atoms with Crippen LogP contribution in [0.3, 0.4) is 0 Å². The number of fused-ring (bicyclic) bond motifs is 12. The Morgan fingerprint density at radius 2 is 0.581 bits per heavy atom. The van der Waals surface area contributed by atoms with E-state index in [1.807, 2.05) is 24.3 Å². The number of benzene rings is 11. The maximum atomic E-state index is 11.9. The van der Waals surface area contributed by atoms with Crippen LogP contribution in [0.4, 0.5) is 0 Å². The Balaban J connectivity index is 1.03. The standard InChI is InChI=1S/C68H40N6/c69-41-57-65-55-37-27-46(44-17-5-2-6-18-44)40-64(55)74(50-35-31-48(32-36-50)72-61-25-13-9-21-53(61)54-22-10-14-26-62(54)72)67(65)58(42-70)66-56-39-45(43-15-3-1-4-16-43)28-38-63(56)73(68(57)66)49-33-29-47(30-34-49)71-59-23-11-7-19-51(59)52-20-8-12-24-60(52)71/h1-40H. The fourth-order valence-corrected chi connectivity index (χ4v) is 12.1. The molecular formula is C68H40N6. The maximum absolute atomic E-state index is 11.9. The highest BCUT2D eigenvalue weighted by Gasteiger charge is 2.29. The number of nitrogens with zero attached hydrogens (tertiary/aromatic N) is 6. The van der Waals surface area contributed by atoms with Crippen LogP contribution in [-0.2, 0) is 0 Å². The van der Waals surface area contributed by atoms with Crippen molar-refractivity contribution in [1.82, 2.24) is 18.3 Å². The largest absolute Gasteiger partial charge is 0.309 e. The van der Waals surface area contributed by atoms with Gasteiger partial charge in [-0.05, 0) is 113 Å². The topological polar surface area (TPSA) is 67.3 Å². The summed E-state index contributed by atoms with van der Waals surface area (Å²) in [6.45, 7) is 0. The van der Waals surface area contributed by atoms with Gasteiger partial charge < -0.3 is 18.3 Å². The molecule has 11 aromatic carbocycles. The molecular weight excluding hydrogens is 901 g/mol. The second-order valence-corrected chi connectivity index (χ2v) is 19.1. The lowest BCUT2D eigenvalue weighted by Gasteiger charge is -2.14. The number of hydrogen-bond donors (Lipinski definition) is 0. The van der Waals surface area contributed by atoms with Crippen molar-refractivity contribution in [3.63, 3.8) is 0 Å². The number of nitriles is 2. The monoisotopic (exact) mass is 940 g/mol. The van der Waals surface area contributed by atoms with E-state index >= 15 is 0 Å². The van der Waals surface area contributed by atoms with Crippen molar-refractivity contribution in [2.75, 3.05) is 0 Å². The van der Waals surface area contributed by atoms with Crippen LogP contribution in [0.5, 0.6) is 0 Å². The lowest BCUT2D eigenvalue weighted by molar-refractivity contribution is 1.14. The Morgan fingerprint density at radius 1 is 0.243 bits per heavy atom. The third-order valence-electron chi connectivity index (χ3n) is 15.2. The van der Waals surface area contributed by atoms with Gasteiger partial charge in [-0.1, -0.05) is 152 Å². The summed E-state index contributed by atoms with van der Waals surface area (Å²) in [6.07, 6.45) is 0. The van der Waals surface area contributed by atoms with E-state index in [1.165, 1.54) is 21.5 Å². The van der Waals surface area contributed by atoms with Crippen LogP contribution >= 0.6 is 0 Å². The molecule has 6 nitrogen and oxygen atoms in total. The fourth-order valence-electron chi connectivity index (χ4n) is 12.1. The summed E-state index contributed by atoms with van der Waals surface area (Å²) in [7, 11) is 0. The van der Waals surface area contributed by atoms with E-state index in [0.29, 0.717) is 22.2 Å². The highest BCUT2D eigenvalue weighted by molar-refractivity contribution is 6.26. The SMILES string of the molecule is N#Cc1c2c3ccc(-c4ccccc4)cc3n(-c3ccc(-n4c5ccccc5c5ccccc54)cc3)c2c(C#N)c2c3cc(-c4ccccc4)ccc3n(-c3ccc(-n4c5ccccc5c5ccccc54)cc3)c12. The van der Waals surface area contributed by atoms with Gasteiger partial charge in [0, 0.05) is 65.8 Å². The second kappa shape index (κ2) is 16.1. The first kappa shape index (κ1) is 41.4. The van der Waals surface area contributed by atoms with E-state index in [4.69, 9.17) is 0 Å². The molecule has 0 atom stereocenters. The zero-order chi connectivity index (χ0) is 49.0. The van der Waals surface area contributed by atoms with Gasteiger partial charge in [0.05, 0.1) is 55.3 Å². The van der Waals surface area contributed by atoms with Gasteiger partial charge >= 0.3 is 0 Å². The van der Waals surface area contributed by atoms with Gasteiger partial charge in [0.2, 0.25) is 0 Å². The van der Waals surface area contributed by atoms with E-state index in [0.717, 1.165) is 99.6 Å². The molecule has 0 aliphatic heterocycles. The van der Waals surface area contributed by atoms with Crippen molar-refractivity contribution in [2.24, 2.45) is 0 Å². The molecule has 15 aromatic rings. The average molecular weight is 941 g/mol. The van der Waals surface area contributed by atoms with Crippen LogP contribution in [0.1, 0.15) is 11.1 Å². The van der Waals surface area contributed by atoms with E-state index in [9.17, 15) is 10.5 Å². The molecule has 0 bridgehead atoms. The zero-order valence-electron chi connectivity index (χ0n) is 39.8. The number of para-hydroxylation sites is 4. The first-order valence-electron chi connectivity index (χ1n) is 24.9. The van der Waals surface area contributed by atoms with Gasteiger partial charge in [0.25, 0.3) is 0 Å². The summed E-state index contributed by atoms with van der Waals surface area (Å²) in [6, 6.07) is 90.7. The minimum absolute atomic E-state index is 0.508. The summed E-state index contributed by atoms with van der Waals surface area (Å²) in [5, 5.41) is 31.8. The molecule has 0 radical (unpaired) electrons. The quantitative estimate of drug-likeness (QED) is 0.167. The normalized spacial score (nSPS) is 11.8. The number of hydrogen-bond acceptors (Lipinski definition) is 2. The van der Waals surface area contributed by atoms with Gasteiger partial charge in [0.15, 0.2) is 0 Å². The second-order valence-electron chi connectivity index (χ2n) is 19.1. The molecule has 0 saturated carbocycles. The Labute approximate surface area is 424 Å². The van der Waals surface area contributed by atoms with Crippen LogP contribution in [0.25, 0.3) is 132 Å². The van der Waals surface area contributed by atoms with Crippen molar-refractivity contribution < 1.29 is 0 Å². The molecule has 4 aromatic heterocycles. The van der Waals surface area contributed by atoms with Crippen molar-refractivity contribution in [2.45, 2.75) is 0 Å². The fraction of sp³-hybridized carbons (Fsp3) is 0. The van der Waals surface area contributed by atoms with Crippen molar-refractivity contribution >= 4 is 87.2 Å². The molecule has 0 aliphatic rings. The minimum Gasteiger partial charge on any atom is -0.309 e. The first-order chi connectivity index (χ1) is 36.7. The van der Waals surface area contributed by atoms with Gasteiger partial charge in [-0.25, -0.2) is 0 Å². The van der Waals surface area contributed by atoms with Crippen molar-refractivity contribution in [3.8, 4) is 57.1 Å². The molecule has 342 valence electrons. The summed E-state index contributed by atoms with van der Waals surface area (Å²) in [5.74, 6) is 0. The summed E-state index contributed by atoms with van der Waals surface area (Å²) < 4.78 is 9.06. The van der Waals surface area contributed by atoms with Crippen LogP contribution in [0.2, 0.25) is 0 Å². The predicted octanol–water partition coefficient (Wildman–Crippen LogP) is 17.2. The average Bonchev–Trinajstić information content (AvgIpc) is 4.22. The van der Waals surface area contributed by atoms with Crippen LogP contribution in [-0.4, -0.2) is 18.3 Å². The van der Waals surface area contributed by atoms with Crippen molar-refractivity contribution in [1.29, 1.82) is 10.5 Å². The maximum Gasteiger partial charge on any atom is 0.102 e. The van der Waals surface area contributed by atoms with Crippen LogP contribution < -0.4 is 0 Å². The Kier molecular flexibility index (Phi) is 8.99. The first-order valence-corrected chi connectivity index (χ1v) is 24.9. The molecule has 6 heteroatoms. The predicted molar refractivity (Wildman–Crippen MR) is 304 cm³/mol. The third-order valence-corrected chi connectivity index (χ3v) is 15.2. The van der Waals surface area contributed by atoms with E-state index in [1.54, 1.807) is 0 Å². The molecule has 15 rings (SSSR count). The Morgan fingerprint density at radius 3 is 1.01 bits per heavy atom.